The first-order valence-electron chi connectivity index (χ1n) is 9.18. The van der Waals surface area contributed by atoms with Crippen LogP contribution >= 0.6 is 0 Å². The Morgan fingerprint density at radius 2 is 1.77 bits per heavy atom. The summed E-state index contributed by atoms with van der Waals surface area (Å²) >= 11 is 0. The molecule has 0 saturated carbocycles. The van der Waals surface area contributed by atoms with Crippen molar-refractivity contribution in [3.05, 3.63) is 83.8 Å². The van der Waals surface area contributed by atoms with Crippen molar-refractivity contribution in [2.45, 2.75) is 6.04 Å². The topological polar surface area (TPSA) is 89.2 Å². The number of carbonyl (C=O) groups is 2. The van der Waals surface area contributed by atoms with Crippen molar-refractivity contribution in [3.63, 3.8) is 0 Å². The van der Waals surface area contributed by atoms with Crippen LogP contribution in [0.15, 0.2) is 76.9 Å². The number of Topliss-reactive ketones (excluding diaryl/α,β-unsaturated/α-hetero) is 1. The molecule has 1 saturated heterocycles. The Bertz CT molecular complexity index is 1120. The monoisotopic (exact) mass is 405 g/mol. The van der Waals surface area contributed by atoms with Crippen molar-refractivity contribution < 1.29 is 28.6 Å². The Balaban J connectivity index is 1.96. The van der Waals surface area contributed by atoms with Crippen LogP contribution in [0.5, 0.6) is 11.5 Å². The average Bonchev–Trinajstić information content (AvgIpc) is 3.40. The third-order valence-electron chi connectivity index (χ3n) is 4.95. The molecule has 4 rings (SSSR count). The molecule has 30 heavy (non-hydrogen) atoms. The van der Waals surface area contributed by atoms with Gasteiger partial charge in [-0.25, -0.2) is 0 Å². The molecule has 1 N–H and O–H groups in total. The zero-order valence-corrected chi connectivity index (χ0v) is 16.4. The maximum absolute atomic E-state index is 13.0. The first-order chi connectivity index (χ1) is 14.6. The number of anilines is 1. The SMILES string of the molecule is COc1ccc(OC)c(/C(O)=C2/C(=O)C(=O)N(c3ccccc3)C2c2ccco2)c1. The number of aliphatic hydroxyl groups excluding tert-OH is 1. The molecule has 0 spiro atoms. The van der Waals surface area contributed by atoms with E-state index in [9.17, 15) is 14.7 Å². The number of furan rings is 1. The normalized spacial score (nSPS) is 17.9. The number of carbonyl (C=O) groups excluding carboxylic acids is 2. The van der Waals surface area contributed by atoms with Crippen LogP contribution in [0, 0.1) is 0 Å². The average molecular weight is 405 g/mol. The molecule has 2 heterocycles. The van der Waals surface area contributed by atoms with E-state index < -0.39 is 17.7 Å². The molecule has 3 aromatic rings. The third-order valence-corrected chi connectivity index (χ3v) is 4.95. The van der Waals surface area contributed by atoms with Gasteiger partial charge in [-0.3, -0.25) is 14.5 Å². The van der Waals surface area contributed by atoms with E-state index in [4.69, 9.17) is 13.9 Å². The summed E-state index contributed by atoms with van der Waals surface area (Å²) < 4.78 is 16.1. The van der Waals surface area contributed by atoms with Gasteiger partial charge in [0, 0.05) is 5.69 Å². The Morgan fingerprint density at radius 3 is 2.40 bits per heavy atom. The minimum Gasteiger partial charge on any atom is -0.507 e. The second kappa shape index (κ2) is 7.79. The summed E-state index contributed by atoms with van der Waals surface area (Å²) in [7, 11) is 2.94. The van der Waals surface area contributed by atoms with Gasteiger partial charge in [-0.1, -0.05) is 18.2 Å². The van der Waals surface area contributed by atoms with E-state index in [2.05, 4.69) is 0 Å². The highest BCUT2D eigenvalue weighted by Gasteiger charge is 2.48. The second-order valence-corrected chi connectivity index (χ2v) is 6.59. The molecule has 2 aromatic carbocycles. The summed E-state index contributed by atoms with van der Waals surface area (Å²) in [6.45, 7) is 0. The maximum atomic E-state index is 13.0. The van der Waals surface area contributed by atoms with E-state index in [1.165, 1.54) is 25.4 Å². The van der Waals surface area contributed by atoms with E-state index in [1.807, 2.05) is 6.07 Å². The molecular formula is C23H19NO6. The largest absolute Gasteiger partial charge is 0.507 e. The number of ether oxygens (including phenoxy) is 2. The van der Waals surface area contributed by atoms with Crippen molar-refractivity contribution in [1.29, 1.82) is 0 Å². The lowest BCUT2D eigenvalue weighted by molar-refractivity contribution is -0.132. The fourth-order valence-electron chi connectivity index (χ4n) is 3.55. The number of aliphatic hydroxyl groups is 1. The smallest absolute Gasteiger partial charge is 0.300 e. The molecule has 152 valence electrons. The fourth-order valence-corrected chi connectivity index (χ4v) is 3.55. The number of benzene rings is 2. The number of ketones is 1. The Kier molecular flexibility index (Phi) is 5.02. The molecule has 1 amide bonds. The number of methoxy groups -OCH3 is 2. The van der Waals surface area contributed by atoms with Gasteiger partial charge in [-0.2, -0.15) is 0 Å². The Labute approximate surface area is 172 Å². The van der Waals surface area contributed by atoms with E-state index >= 15 is 0 Å². The molecule has 1 unspecified atom stereocenters. The maximum Gasteiger partial charge on any atom is 0.300 e. The van der Waals surface area contributed by atoms with Crippen LogP contribution in [0.1, 0.15) is 17.4 Å². The number of rotatable bonds is 5. The minimum atomic E-state index is -0.932. The fraction of sp³-hybridized carbons (Fsp3) is 0.130. The molecule has 0 bridgehead atoms. The predicted molar refractivity (Wildman–Crippen MR) is 109 cm³/mol. The number of nitrogens with zero attached hydrogens (tertiary/aromatic N) is 1. The van der Waals surface area contributed by atoms with Gasteiger partial charge in [-0.05, 0) is 42.5 Å². The van der Waals surface area contributed by atoms with E-state index in [0.717, 1.165) is 0 Å². The number of hydrogen-bond acceptors (Lipinski definition) is 6. The summed E-state index contributed by atoms with van der Waals surface area (Å²) in [4.78, 5) is 27.3. The zero-order valence-electron chi connectivity index (χ0n) is 16.4. The molecule has 7 nitrogen and oxygen atoms in total. The van der Waals surface area contributed by atoms with Crippen LogP contribution in [0.2, 0.25) is 0 Å². The van der Waals surface area contributed by atoms with Gasteiger partial charge in [0.05, 0.1) is 31.6 Å². The summed E-state index contributed by atoms with van der Waals surface area (Å²) in [6, 6.07) is 16.0. The van der Waals surface area contributed by atoms with E-state index in [1.54, 1.807) is 54.6 Å². The second-order valence-electron chi connectivity index (χ2n) is 6.59. The lowest BCUT2D eigenvalue weighted by Gasteiger charge is -2.23. The van der Waals surface area contributed by atoms with Crippen molar-refractivity contribution in [2.24, 2.45) is 0 Å². The van der Waals surface area contributed by atoms with Gasteiger partial charge in [0.1, 0.15) is 29.1 Å². The molecule has 0 radical (unpaired) electrons. The van der Waals surface area contributed by atoms with Gasteiger partial charge < -0.3 is 19.0 Å². The van der Waals surface area contributed by atoms with Crippen molar-refractivity contribution in [1.82, 2.24) is 0 Å². The van der Waals surface area contributed by atoms with Crippen LogP contribution < -0.4 is 14.4 Å². The van der Waals surface area contributed by atoms with Crippen LogP contribution in [0.25, 0.3) is 5.76 Å². The Hall–Kier alpha value is -4.00. The molecule has 1 aliphatic rings. The minimum absolute atomic E-state index is 0.0923. The van der Waals surface area contributed by atoms with Crippen LogP contribution in [-0.2, 0) is 9.59 Å². The highest BCUT2D eigenvalue weighted by atomic mass is 16.5. The zero-order chi connectivity index (χ0) is 21.3. The highest BCUT2D eigenvalue weighted by molar-refractivity contribution is 6.51. The molecule has 0 aliphatic carbocycles. The summed E-state index contributed by atoms with van der Waals surface area (Å²) in [5.41, 5.74) is 0.655. The molecule has 7 heteroatoms. The van der Waals surface area contributed by atoms with Crippen LogP contribution in [-0.4, -0.2) is 31.0 Å². The molecule has 1 aromatic heterocycles. The van der Waals surface area contributed by atoms with Gasteiger partial charge in [0.2, 0.25) is 0 Å². The lowest BCUT2D eigenvalue weighted by Crippen LogP contribution is -2.29. The van der Waals surface area contributed by atoms with Crippen molar-refractivity contribution in [3.8, 4) is 11.5 Å². The van der Waals surface area contributed by atoms with E-state index in [-0.39, 0.29) is 16.9 Å². The number of hydrogen-bond donors (Lipinski definition) is 1. The number of para-hydroxylation sites is 1. The molecule has 1 atom stereocenters. The predicted octanol–water partition coefficient (Wildman–Crippen LogP) is 3.92. The standard InChI is InChI=1S/C23H19NO6/c1-28-15-10-11-17(29-2)16(13-15)21(25)19-20(18-9-6-12-30-18)24(23(27)22(19)26)14-7-4-3-5-8-14/h3-13,20,25H,1-2H3/b21-19-. The summed E-state index contributed by atoms with van der Waals surface area (Å²) in [5, 5.41) is 11.2. The molecular weight excluding hydrogens is 386 g/mol. The third kappa shape index (κ3) is 3.10. The lowest BCUT2D eigenvalue weighted by atomic mass is 9.98. The first kappa shape index (κ1) is 19.3. The van der Waals surface area contributed by atoms with Gasteiger partial charge >= 0.3 is 0 Å². The van der Waals surface area contributed by atoms with Crippen molar-refractivity contribution >= 4 is 23.1 Å². The van der Waals surface area contributed by atoms with Gasteiger partial charge in [0.15, 0.2) is 0 Å². The van der Waals surface area contributed by atoms with Gasteiger partial charge in [-0.15, -0.1) is 0 Å². The van der Waals surface area contributed by atoms with Crippen LogP contribution in [0.3, 0.4) is 0 Å². The highest BCUT2D eigenvalue weighted by Crippen LogP contribution is 2.43. The molecule has 1 aliphatic heterocycles. The number of amides is 1. The quantitative estimate of drug-likeness (QED) is 0.393. The first-order valence-corrected chi connectivity index (χ1v) is 9.18. The Morgan fingerprint density at radius 1 is 1.00 bits per heavy atom. The summed E-state index contributed by atoms with van der Waals surface area (Å²) in [5.74, 6) is -0.805. The van der Waals surface area contributed by atoms with Crippen LogP contribution in [0.4, 0.5) is 5.69 Å². The van der Waals surface area contributed by atoms with Crippen molar-refractivity contribution in [2.75, 3.05) is 19.1 Å². The summed E-state index contributed by atoms with van der Waals surface area (Å²) in [6.07, 6.45) is 1.45. The van der Waals surface area contributed by atoms with Gasteiger partial charge in [0.25, 0.3) is 11.7 Å². The van der Waals surface area contributed by atoms with E-state index in [0.29, 0.717) is 22.9 Å². The molecule has 1 fully saturated rings.